The summed E-state index contributed by atoms with van der Waals surface area (Å²) in [6.45, 7) is 6.01. The second-order valence-corrected chi connectivity index (χ2v) is 7.46. The molecule has 160 valence electrons. The number of hydrogen-bond donors (Lipinski definition) is 4. The van der Waals surface area contributed by atoms with Crippen LogP contribution in [0.15, 0.2) is 42.5 Å². The van der Waals surface area contributed by atoms with Crippen molar-refractivity contribution in [3.63, 3.8) is 0 Å². The zero-order valence-electron chi connectivity index (χ0n) is 18.1. The Labute approximate surface area is 177 Å². The number of aryl methyl sites for hydroxylation is 3. The maximum absolute atomic E-state index is 12.3. The first-order valence-corrected chi connectivity index (χ1v) is 10.1. The number of rotatable bonds is 9. The molecule has 0 aliphatic heterocycles. The molecule has 0 bridgehead atoms. The summed E-state index contributed by atoms with van der Waals surface area (Å²) in [5.74, 6) is -0.729. The third-order valence-electron chi connectivity index (χ3n) is 4.79. The Kier molecular flexibility index (Phi) is 8.55. The number of amides is 3. The molecule has 2 aromatic carbocycles. The molecule has 0 heterocycles. The van der Waals surface area contributed by atoms with Crippen LogP contribution in [0, 0.1) is 13.8 Å². The standard InChI is InChI=1S/C23H30N4O3/c1-5-18-11-6-7-12-19(18)25-22(30)15-27(4)14-21(29)24-13-20(28)26-23-16(2)9-8-10-17(23)3/h6-12H,5,13-15H2,1-4H3,(H,24,29)(H,25,30)(H,26,28)/p+1. The van der Waals surface area contributed by atoms with Gasteiger partial charge in [-0.05, 0) is 43.0 Å². The molecule has 1 atom stereocenters. The van der Waals surface area contributed by atoms with Crippen molar-refractivity contribution in [2.24, 2.45) is 0 Å². The second-order valence-electron chi connectivity index (χ2n) is 7.46. The van der Waals surface area contributed by atoms with Gasteiger partial charge in [0.05, 0.1) is 13.6 Å². The zero-order valence-corrected chi connectivity index (χ0v) is 18.1. The molecular formula is C23H31N4O3+. The van der Waals surface area contributed by atoms with Crippen molar-refractivity contribution in [3.8, 4) is 0 Å². The van der Waals surface area contributed by atoms with E-state index >= 15 is 0 Å². The smallest absolute Gasteiger partial charge is 0.279 e. The van der Waals surface area contributed by atoms with Crippen molar-refractivity contribution in [2.45, 2.75) is 27.2 Å². The van der Waals surface area contributed by atoms with Crippen molar-refractivity contribution in [3.05, 3.63) is 59.2 Å². The molecule has 0 aromatic heterocycles. The molecule has 30 heavy (non-hydrogen) atoms. The maximum atomic E-state index is 12.3. The van der Waals surface area contributed by atoms with Gasteiger partial charge >= 0.3 is 0 Å². The highest BCUT2D eigenvalue weighted by Gasteiger charge is 2.16. The van der Waals surface area contributed by atoms with Gasteiger partial charge in [-0.3, -0.25) is 14.4 Å². The number of quaternary nitrogens is 1. The SMILES string of the molecule is CCc1ccccc1NC(=O)C[NH+](C)CC(=O)NCC(=O)Nc1c(C)cccc1C. The second kappa shape index (κ2) is 11.1. The quantitative estimate of drug-likeness (QED) is 0.498. The number of hydrogen-bond acceptors (Lipinski definition) is 3. The normalized spacial score (nSPS) is 11.5. The van der Waals surface area contributed by atoms with Crippen molar-refractivity contribution >= 4 is 29.1 Å². The van der Waals surface area contributed by atoms with E-state index < -0.39 is 0 Å². The molecule has 0 saturated carbocycles. The summed E-state index contributed by atoms with van der Waals surface area (Å²) >= 11 is 0. The van der Waals surface area contributed by atoms with Crippen LogP contribution in [-0.2, 0) is 20.8 Å². The van der Waals surface area contributed by atoms with Gasteiger partial charge in [-0.1, -0.05) is 43.3 Å². The molecule has 7 nitrogen and oxygen atoms in total. The van der Waals surface area contributed by atoms with Crippen LogP contribution in [0.3, 0.4) is 0 Å². The fraction of sp³-hybridized carbons (Fsp3) is 0.348. The van der Waals surface area contributed by atoms with E-state index in [0.29, 0.717) is 0 Å². The first-order chi connectivity index (χ1) is 14.3. The number of likely N-dealkylation sites (N-methyl/N-ethyl adjacent to an activating group) is 1. The van der Waals surface area contributed by atoms with Crippen LogP contribution < -0.4 is 20.9 Å². The number of para-hydroxylation sites is 2. The topological polar surface area (TPSA) is 91.7 Å². The first-order valence-electron chi connectivity index (χ1n) is 10.1. The minimum absolute atomic E-state index is 0.0967. The zero-order chi connectivity index (χ0) is 22.1. The van der Waals surface area contributed by atoms with Crippen LogP contribution >= 0.6 is 0 Å². The molecule has 0 spiro atoms. The minimum Gasteiger partial charge on any atom is -0.342 e. The van der Waals surface area contributed by atoms with Gasteiger partial charge < -0.3 is 20.9 Å². The predicted octanol–water partition coefficient (Wildman–Crippen LogP) is 1.07. The molecule has 1 unspecified atom stereocenters. The van der Waals surface area contributed by atoms with Gasteiger partial charge in [0.15, 0.2) is 13.1 Å². The Morgan fingerprint density at radius 3 is 2.13 bits per heavy atom. The molecule has 0 fully saturated rings. The predicted molar refractivity (Wildman–Crippen MR) is 119 cm³/mol. The average molecular weight is 412 g/mol. The molecule has 0 saturated heterocycles. The van der Waals surface area contributed by atoms with E-state index in [-0.39, 0.29) is 37.4 Å². The molecular weight excluding hydrogens is 380 g/mol. The van der Waals surface area contributed by atoms with E-state index in [0.717, 1.165) is 39.4 Å². The molecule has 2 rings (SSSR count). The van der Waals surface area contributed by atoms with Crippen LogP contribution in [0.25, 0.3) is 0 Å². The third-order valence-corrected chi connectivity index (χ3v) is 4.79. The van der Waals surface area contributed by atoms with Crippen LogP contribution in [0.5, 0.6) is 0 Å². The van der Waals surface area contributed by atoms with E-state index in [1.165, 1.54) is 0 Å². The van der Waals surface area contributed by atoms with Crippen LogP contribution in [0.2, 0.25) is 0 Å². The van der Waals surface area contributed by atoms with Gasteiger partial charge in [0.2, 0.25) is 5.91 Å². The molecule has 4 N–H and O–H groups in total. The summed E-state index contributed by atoms with van der Waals surface area (Å²) in [5.41, 5.74) is 4.56. The fourth-order valence-corrected chi connectivity index (χ4v) is 3.19. The van der Waals surface area contributed by atoms with Gasteiger partial charge in [0.1, 0.15) is 0 Å². The van der Waals surface area contributed by atoms with Gasteiger partial charge in [-0.25, -0.2) is 0 Å². The molecule has 7 heteroatoms. The molecule has 3 amide bonds. The third kappa shape index (κ3) is 7.00. The summed E-state index contributed by atoms with van der Waals surface area (Å²) in [7, 11) is 1.77. The Morgan fingerprint density at radius 2 is 1.47 bits per heavy atom. The minimum atomic E-state index is -0.286. The number of carbonyl (C=O) groups is 3. The monoisotopic (exact) mass is 411 g/mol. The van der Waals surface area contributed by atoms with Crippen LogP contribution in [-0.4, -0.2) is 44.4 Å². The summed E-state index contributed by atoms with van der Waals surface area (Å²) in [4.78, 5) is 37.3. The van der Waals surface area contributed by atoms with E-state index in [1.54, 1.807) is 7.05 Å². The average Bonchev–Trinajstić information content (AvgIpc) is 2.69. The lowest BCUT2D eigenvalue weighted by atomic mass is 10.1. The summed E-state index contributed by atoms with van der Waals surface area (Å²) < 4.78 is 0. The molecule has 2 aromatic rings. The van der Waals surface area contributed by atoms with Gasteiger partial charge in [0.25, 0.3) is 11.8 Å². The highest BCUT2D eigenvalue weighted by Crippen LogP contribution is 2.19. The Morgan fingerprint density at radius 1 is 0.833 bits per heavy atom. The van der Waals surface area contributed by atoms with Crippen molar-refractivity contribution < 1.29 is 19.3 Å². The van der Waals surface area contributed by atoms with Gasteiger partial charge in [0, 0.05) is 11.4 Å². The maximum Gasteiger partial charge on any atom is 0.279 e. The largest absolute Gasteiger partial charge is 0.342 e. The lowest BCUT2D eigenvalue weighted by molar-refractivity contribution is -0.862. The number of carbonyl (C=O) groups excluding carboxylic acids is 3. The highest BCUT2D eigenvalue weighted by atomic mass is 16.2. The first kappa shape index (κ1) is 23.1. The number of anilines is 2. The summed E-state index contributed by atoms with van der Waals surface area (Å²) in [6, 6.07) is 13.4. The van der Waals surface area contributed by atoms with Gasteiger partial charge in [-0.15, -0.1) is 0 Å². The van der Waals surface area contributed by atoms with Crippen molar-refractivity contribution in [1.29, 1.82) is 0 Å². The van der Waals surface area contributed by atoms with Crippen LogP contribution in [0.1, 0.15) is 23.6 Å². The highest BCUT2D eigenvalue weighted by molar-refractivity contribution is 5.96. The summed E-state index contributed by atoms with van der Waals surface area (Å²) in [6.07, 6.45) is 0.825. The Bertz CT molecular complexity index is 891. The van der Waals surface area contributed by atoms with Crippen molar-refractivity contribution in [2.75, 3.05) is 37.3 Å². The molecule has 0 aliphatic carbocycles. The summed E-state index contributed by atoms with van der Waals surface area (Å²) in [5, 5.41) is 8.34. The van der Waals surface area contributed by atoms with E-state index in [1.807, 2.05) is 63.2 Å². The lowest BCUT2D eigenvalue weighted by Crippen LogP contribution is -3.11. The molecule has 0 aliphatic rings. The molecule has 0 radical (unpaired) electrons. The lowest BCUT2D eigenvalue weighted by Gasteiger charge is -2.15. The van der Waals surface area contributed by atoms with E-state index in [9.17, 15) is 14.4 Å². The Balaban J connectivity index is 1.76. The number of benzene rings is 2. The van der Waals surface area contributed by atoms with Crippen LogP contribution in [0.4, 0.5) is 11.4 Å². The van der Waals surface area contributed by atoms with Gasteiger partial charge in [-0.2, -0.15) is 0 Å². The van der Waals surface area contributed by atoms with E-state index in [4.69, 9.17) is 0 Å². The fourth-order valence-electron chi connectivity index (χ4n) is 3.19. The number of nitrogens with one attached hydrogen (secondary N) is 4. The van der Waals surface area contributed by atoms with E-state index in [2.05, 4.69) is 16.0 Å². The van der Waals surface area contributed by atoms with Crippen molar-refractivity contribution in [1.82, 2.24) is 5.32 Å². The Hall–Kier alpha value is -3.19.